The van der Waals surface area contributed by atoms with Gasteiger partial charge in [0, 0.05) is 12.6 Å². The van der Waals surface area contributed by atoms with Crippen LogP contribution in [-0.4, -0.2) is 27.6 Å². The standard InChI is InChI=1S/C16H24N4O/c1-4-9-17-11-14-12-20(19-18-14)15-7-6-8-16(10-15)21-13(3)5-2/h6-8,10,12-13,17H,4-5,9,11H2,1-3H3. The molecule has 1 heterocycles. The molecule has 0 aliphatic carbocycles. The smallest absolute Gasteiger partial charge is 0.121 e. The SMILES string of the molecule is CCCNCc1cn(-c2cccc(OC(C)CC)c2)nn1. The van der Waals surface area contributed by atoms with Crippen LogP contribution in [0.25, 0.3) is 5.69 Å². The van der Waals surface area contributed by atoms with Gasteiger partial charge in [-0.3, -0.25) is 0 Å². The molecule has 0 radical (unpaired) electrons. The molecule has 0 spiro atoms. The van der Waals surface area contributed by atoms with Gasteiger partial charge in [-0.05, 0) is 38.4 Å². The third-order valence-electron chi connectivity index (χ3n) is 3.27. The van der Waals surface area contributed by atoms with Crippen LogP contribution in [0.5, 0.6) is 5.75 Å². The topological polar surface area (TPSA) is 52.0 Å². The molecule has 1 aromatic carbocycles. The molecule has 0 saturated carbocycles. The van der Waals surface area contributed by atoms with E-state index in [0.717, 1.165) is 43.1 Å². The van der Waals surface area contributed by atoms with Crippen molar-refractivity contribution in [2.24, 2.45) is 0 Å². The first-order valence-electron chi connectivity index (χ1n) is 7.62. The molecule has 2 rings (SSSR count). The number of benzene rings is 1. The van der Waals surface area contributed by atoms with E-state index in [9.17, 15) is 0 Å². The average molecular weight is 288 g/mol. The predicted molar refractivity (Wildman–Crippen MR) is 83.7 cm³/mol. The van der Waals surface area contributed by atoms with Crippen molar-refractivity contribution in [1.82, 2.24) is 20.3 Å². The lowest BCUT2D eigenvalue weighted by molar-refractivity contribution is 0.217. The summed E-state index contributed by atoms with van der Waals surface area (Å²) in [6.07, 6.45) is 4.26. The van der Waals surface area contributed by atoms with Crippen molar-refractivity contribution < 1.29 is 4.74 Å². The highest BCUT2D eigenvalue weighted by Gasteiger charge is 2.05. The van der Waals surface area contributed by atoms with Crippen LogP contribution in [0.2, 0.25) is 0 Å². The Balaban J connectivity index is 2.05. The van der Waals surface area contributed by atoms with Gasteiger partial charge in [-0.25, -0.2) is 4.68 Å². The first kappa shape index (κ1) is 15.5. The van der Waals surface area contributed by atoms with Crippen molar-refractivity contribution in [2.75, 3.05) is 6.54 Å². The molecule has 0 saturated heterocycles. The summed E-state index contributed by atoms with van der Waals surface area (Å²) in [6, 6.07) is 7.94. The monoisotopic (exact) mass is 288 g/mol. The molecule has 0 bridgehead atoms. The fourth-order valence-electron chi connectivity index (χ4n) is 1.91. The number of hydrogen-bond donors (Lipinski definition) is 1. The molecule has 114 valence electrons. The Bertz CT molecular complexity index is 553. The van der Waals surface area contributed by atoms with Crippen molar-refractivity contribution in [3.05, 3.63) is 36.2 Å². The van der Waals surface area contributed by atoms with Crippen LogP contribution in [0.1, 0.15) is 39.3 Å². The Kier molecular flexibility index (Phi) is 5.75. The lowest BCUT2D eigenvalue weighted by atomic mass is 10.3. The first-order chi connectivity index (χ1) is 10.2. The molecule has 1 unspecified atom stereocenters. The summed E-state index contributed by atoms with van der Waals surface area (Å²) in [7, 11) is 0. The lowest BCUT2D eigenvalue weighted by Crippen LogP contribution is -2.13. The minimum atomic E-state index is 0.213. The lowest BCUT2D eigenvalue weighted by Gasteiger charge is -2.13. The van der Waals surface area contributed by atoms with Gasteiger partial charge in [0.05, 0.1) is 23.7 Å². The van der Waals surface area contributed by atoms with Crippen molar-refractivity contribution in [2.45, 2.75) is 46.3 Å². The third kappa shape index (κ3) is 4.56. The Morgan fingerprint density at radius 1 is 1.33 bits per heavy atom. The molecule has 1 N–H and O–H groups in total. The van der Waals surface area contributed by atoms with E-state index in [1.165, 1.54) is 0 Å². The number of nitrogens with one attached hydrogen (secondary N) is 1. The highest BCUT2D eigenvalue weighted by atomic mass is 16.5. The van der Waals surface area contributed by atoms with E-state index in [1.807, 2.05) is 30.5 Å². The van der Waals surface area contributed by atoms with Gasteiger partial charge in [0.1, 0.15) is 5.75 Å². The van der Waals surface area contributed by atoms with Crippen molar-refractivity contribution >= 4 is 0 Å². The largest absolute Gasteiger partial charge is 0.491 e. The van der Waals surface area contributed by atoms with E-state index >= 15 is 0 Å². The first-order valence-corrected chi connectivity index (χ1v) is 7.62. The fourth-order valence-corrected chi connectivity index (χ4v) is 1.91. The molecule has 1 atom stereocenters. The summed E-state index contributed by atoms with van der Waals surface area (Å²) in [6.45, 7) is 8.07. The van der Waals surface area contributed by atoms with E-state index in [0.29, 0.717) is 0 Å². The van der Waals surface area contributed by atoms with Crippen molar-refractivity contribution in [3.63, 3.8) is 0 Å². The molecule has 21 heavy (non-hydrogen) atoms. The average Bonchev–Trinajstić information content (AvgIpc) is 2.96. The molecule has 0 fully saturated rings. The summed E-state index contributed by atoms with van der Waals surface area (Å²) < 4.78 is 7.62. The maximum absolute atomic E-state index is 5.84. The summed E-state index contributed by atoms with van der Waals surface area (Å²) in [5.41, 5.74) is 1.90. The van der Waals surface area contributed by atoms with Gasteiger partial charge in [0.15, 0.2) is 0 Å². The summed E-state index contributed by atoms with van der Waals surface area (Å²) in [4.78, 5) is 0. The van der Waals surface area contributed by atoms with Crippen LogP contribution in [-0.2, 0) is 6.54 Å². The van der Waals surface area contributed by atoms with Gasteiger partial charge < -0.3 is 10.1 Å². The molecule has 0 amide bonds. The zero-order valence-corrected chi connectivity index (χ0v) is 13.0. The van der Waals surface area contributed by atoms with E-state index in [2.05, 4.69) is 36.4 Å². The summed E-state index contributed by atoms with van der Waals surface area (Å²) >= 11 is 0. The van der Waals surface area contributed by atoms with E-state index < -0.39 is 0 Å². The predicted octanol–water partition coefficient (Wildman–Crippen LogP) is 2.94. The molecular formula is C16H24N4O. The quantitative estimate of drug-likeness (QED) is 0.759. The summed E-state index contributed by atoms with van der Waals surface area (Å²) in [5.74, 6) is 0.864. The van der Waals surface area contributed by atoms with Gasteiger partial charge >= 0.3 is 0 Å². The number of rotatable bonds is 8. The van der Waals surface area contributed by atoms with Gasteiger partial charge in [0.25, 0.3) is 0 Å². The van der Waals surface area contributed by atoms with Crippen LogP contribution in [0.4, 0.5) is 0 Å². The van der Waals surface area contributed by atoms with Gasteiger partial charge in [-0.2, -0.15) is 0 Å². The van der Waals surface area contributed by atoms with Gasteiger partial charge in [0.2, 0.25) is 0 Å². The molecule has 0 aliphatic heterocycles. The second-order valence-electron chi connectivity index (χ2n) is 5.17. The Hall–Kier alpha value is -1.88. The second-order valence-corrected chi connectivity index (χ2v) is 5.17. The number of nitrogens with zero attached hydrogens (tertiary/aromatic N) is 3. The highest BCUT2D eigenvalue weighted by Crippen LogP contribution is 2.18. The normalized spacial score (nSPS) is 12.3. The van der Waals surface area contributed by atoms with Crippen LogP contribution < -0.4 is 10.1 Å². The van der Waals surface area contributed by atoms with Crippen molar-refractivity contribution in [1.29, 1.82) is 0 Å². The fraction of sp³-hybridized carbons (Fsp3) is 0.500. The van der Waals surface area contributed by atoms with Crippen LogP contribution >= 0.6 is 0 Å². The molecule has 5 heteroatoms. The Morgan fingerprint density at radius 3 is 2.95 bits per heavy atom. The van der Waals surface area contributed by atoms with Crippen LogP contribution in [0.3, 0.4) is 0 Å². The van der Waals surface area contributed by atoms with Crippen LogP contribution in [0.15, 0.2) is 30.5 Å². The number of hydrogen-bond acceptors (Lipinski definition) is 4. The van der Waals surface area contributed by atoms with Gasteiger partial charge in [-0.15, -0.1) is 5.10 Å². The maximum atomic E-state index is 5.84. The third-order valence-corrected chi connectivity index (χ3v) is 3.27. The number of ether oxygens (including phenoxy) is 1. The molecule has 0 aliphatic rings. The van der Waals surface area contributed by atoms with E-state index in [-0.39, 0.29) is 6.10 Å². The molecule has 2 aromatic rings. The summed E-state index contributed by atoms with van der Waals surface area (Å²) in [5, 5.41) is 11.7. The molecular weight excluding hydrogens is 264 g/mol. The molecule has 1 aromatic heterocycles. The molecule has 5 nitrogen and oxygen atoms in total. The maximum Gasteiger partial charge on any atom is 0.121 e. The minimum absolute atomic E-state index is 0.213. The van der Waals surface area contributed by atoms with Crippen LogP contribution in [0, 0.1) is 0 Å². The van der Waals surface area contributed by atoms with Crippen molar-refractivity contribution in [3.8, 4) is 11.4 Å². The van der Waals surface area contributed by atoms with E-state index in [4.69, 9.17) is 4.74 Å². The zero-order chi connectivity index (χ0) is 15.1. The number of aromatic nitrogens is 3. The Labute approximate surface area is 126 Å². The van der Waals surface area contributed by atoms with Gasteiger partial charge in [-0.1, -0.05) is 25.1 Å². The zero-order valence-electron chi connectivity index (χ0n) is 13.0. The van der Waals surface area contributed by atoms with E-state index in [1.54, 1.807) is 4.68 Å². The Morgan fingerprint density at radius 2 is 2.19 bits per heavy atom. The highest BCUT2D eigenvalue weighted by molar-refractivity contribution is 5.38. The minimum Gasteiger partial charge on any atom is -0.491 e. The second kappa shape index (κ2) is 7.78.